The highest BCUT2D eigenvalue weighted by Gasteiger charge is 2.23. The van der Waals surface area contributed by atoms with Crippen LogP contribution in [0.3, 0.4) is 0 Å². The summed E-state index contributed by atoms with van der Waals surface area (Å²) >= 11 is 0. The molecule has 0 fully saturated rings. The zero-order valence-electron chi connectivity index (χ0n) is 12.1. The predicted octanol–water partition coefficient (Wildman–Crippen LogP) is 3.00. The Hall–Kier alpha value is -1.74. The van der Waals surface area contributed by atoms with Gasteiger partial charge in [0.1, 0.15) is 5.82 Å². The van der Waals surface area contributed by atoms with Crippen LogP contribution in [0, 0.1) is 13.8 Å². The third-order valence-electron chi connectivity index (χ3n) is 3.32. The zero-order chi connectivity index (χ0) is 14.0. The number of rotatable bonds is 3. The Morgan fingerprint density at radius 1 is 1.05 bits per heavy atom. The summed E-state index contributed by atoms with van der Waals surface area (Å²) in [6.07, 6.45) is 0. The van der Waals surface area contributed by atoms with E-state index in [1.807, 2.05) is 13.0 Å². The molecule has 2 N–H and O–H groups in total. The van der Waals surface area contributed by atoms with E-state index in [0.717, 1.165) is 22.8 Å². The highest BCUT2D eigenvalue weighted by Crippen LogP contribution is 2.23. The molecule has 2 aromatic rings. The van der Waals surface area contributed by atoms with Crippen LogP contribution in [0.2, 0.25) is 0 Å². The Labute approximate surface area is 114 Å². The van der Waals surface area contributed by atoms with Crippen LogP contribution in [0.4, 0.5) is 0 Å². The van der Waals surface area contributed by atoms with E-state index in [1.165, 1.54) is 5.56 Å². The molecule has 0 saturated carbocycles. The molecule has 3 heteroatoms. The second-order valence-electron chi connectivity index (χ2n) is 5.67. The molecule has 1 heterocycles. The van der Waals surface area contributed by atoms with Gasteiger partial charge in [-0.25, -0.2) is 9.97 Å². The largest absolute Gasteiger partial charge is 0.329 e. The summed E-state index contributed by atoms with van der Waals surface area (Å²) in [5, 5.41) is 0. The smallest absolute Gasteiger partial charge is 0.136 e. The second kappa shape index (κ2) is 5.10. The monoisotopic (exact) mass is 255 g/mol. The first-order chi connectivity index (χ1) is 8.92. The number of aromatic nitrogens is 2. The molecule has 0 amide bonds. The lowest BCUT2D eigenvalue weighted by Gasteiger charge is -2.21. The molecule has 0 bridgehead atoms. The van der Waals surface area contributed by atoms with Crippen LogP contribution in [0.25, 0.3) is 11.3 Å². The van der Waals surface area contributed by atoms with E-state index in [1.54, 1.807) is 0 Å². The zero-order valence-corrected chi connectivity index (χ0v) is 12.1. The van der Waals surface area contributed by atoms with Crippen LogP contribution < -0.4 is 5.73 Å². The van der Waals surface area contributed by atoms with Crippen molar-refractivity contribution < 1.29 is 0 Å². The van der Waals surface area contributed by atoms with E-state index in [2.05, 4.69) is 55.0 Å². The van der Waals surface area contributed by atoms with E-state index in [0.29, 0.717) is 6.54 Å². The average molecular weight is 255 g/mol. The van der Waals surface area contributed by atoms with Crippen molar-refractivity contribution in [1.82, 2.24) is 9.97 Å². The summed E-state index contributed by atoms with van der Waals surface area (Å²) in [5.41, 5.74) is 9.91. The first-order valence-electron chi connectivity index (χ1n) is 6.55. The van der Waals surface area contributed by atoms with E-state index in [9.17, 15) is 0 Å². The molecule has 0 radical (unpaired) electrons. The summed E-state index contributed by atoms with van der Waals surface area (Å²) < 4.78 is 0. The van der Waals surface area contributed by atoms with Crippen LogP contribution in [-0.2, 0) is 5.41 Å². The molecule has 0 unspecified atom stereocenters. The number of hydrogen-bond donors (Lipinski definition) is 1. The van der Waals surface area contributed by atoms with Gasteiger partial charge in [0.05, 0.1) is 5.69 Å². The van der Waals surface area contributed by atoms with Gasteiger partial charge < -0.3 is 5.73 Å². The Morgan fingerprint density at radius 2 is 1.68 bits per heavy atom. The normalized spacial score (nSPS) is 11.6. The Kier molecular flexibility index (Phi) is 3.67. The second-order valence-corrected chi connectivity index (χ2v) is 5.67. The maximum Gasteiger partial charge on any atom is 0.136 e. The summed E-state index contributed by atoms with van der Waals surface area (Å²) in [4.78, 5) is 9.21. The van der Waals surface area contributed by atoms with Gasteiger partial charge in [-0.2, -0.15) is 0 Å². The van der Waals surface area contributed by atoms with Gasteiger partial charge in [-0.3, -0.25) is 0 Å². The topological polar surface area (TPSA) is 51.8 Å². The number of aryl methyl sites for hydroxylation is 2. The lowest BCUT2D eigenvalue weighted by molar-refractivity contribution is 0.501. The van der Waals surface area contributed by atoms with Gasteiger partial charge >= 0.3 is 0 Å². The minimum Gasteiger partial charge on any atom is -0.329 e. The number of nitrogens with two attached hydrogens (primary N) is 1. The van der Waals surface area contributed by atoms with Gasteiger partial charge in [-0.05, 0) is 19.9 Å². The molecule has 0 atom stereocenters. The van der Waals surface area contributed by atoms with E-state index >= 15 is 0 Å². The summed E-state index contributed by atoms with van der Waals surface area (Å²) in [5.74, 6) is 0.811. The average Bonchev–Trinajstić information content (AvgIpc) is 2.39. The fraction of sp³-hybridized carbons (Fsp3) is 0.375. The van der Waals surface area contributed by atoms with E-state index < -0.39 is 0 Å². The van der Waals surface area contributed by atoms with Crippen LogP contribution in [-0.4, -0.2) is 16.5 Å². The molecule has 0 aliphatic carbocycles. The summed E-state index contributed by atoms with van der Waals surface area (Å²) in [6, 6.07) is 10.4. The van der Waals surface area contributed by atoms with Crippen LogP contribution in [0.15, 0.2) is 30.3 Å². The van der Waals surface area contributed by atoms with Crippen molar-refractivity contribution in [3.8, 4) is 11.3 Å². The molecular formula is C16H21N3. The van der Waals surface area contributed by atoms with Gasteiger partial charge in [-0.15, -0.1) is 0 Å². The van der Waals surface area contributed by atoms with Crippen molar-refractivity contribution >= 4 is 0 Å². The summed E-state index contributed by atoms with van der Waals surface area (Å²) in [6.45, 7) is 8.75. The number of nitrogens with zero attached hydrogens (tertiary/aromatic N) is 2. The molecule has 100 valence electrons. The molecule has 2 rings (SSSR count). The Bertz CT molecular complexity index is 571. The fourth-order valence-electron chi connectivity index (χ4n) is 1.83. The van der Waals surface area contributed by atoms with Gasteiger partial charge in [0.25, 0.3) is 0 Å². The molecule has 0 aliphatic rings. The summed E-state index contributed by atoms with van der Waals surface area (Å²) in [7, 11) is 0. The number of hydrogen-bond acceptors (Lipinski definition) is 3. The molecule has 0 saturated heterocycles. The van der Waals surface area contributed by atoms with Crippen molar-refractivity contribution in [3.05, 3.63) is 47.4 Å². The standard InChI is InChI=1S/C16H21N3/c1-11-5-7-13(8-6-11)14-9-12(2)18-15(19-14)16(3,4)10-17/h5-9H,10,17H2,1-4H3. The Morgan fingerprint density at radius 3 is 2.26 bits per heavy atom. The van der Waals surface area contributed by atoms with Crippen molar-refractivity contribution in [2.24, 2.45) is 5.73 Å². The fourth-order valence-corrected chi connectivity index (χ4v) is 1.83. The molecule has 1 aromatic carbocycles. The molecule has 3 nitrogen and oxygen atoms in total. The number of benzene rings is 1. The van der Waals surface area contributed by atoms with Crippen molar-refractivity contribution in [3.63, 3.8) is 0 Å². The first kappa shape index (κ1) is 13.7. The minimum absolute atomic E-state index is 0.203. The predicted molar refractivity (Wildman–Crippen MR) is 79.0 cm³/mol. The van der Waals surface area contributed by atoms with Crippen molar-refractivity contribution in [2.45, 2.75) is 33.1 Å². The van der Waals surface area contributed by atoms with Crippen molar-refractivity contribution in [2.75, 3.05) is 6.54 Å². The van der Waals surface area contributed by atoms with Gasteiger partial charge in [0, 0.05) is 23.2 Å². The van der Waals surface area contributed by atoms with Crippen LogP contribution in [0.1, 0.15) is 30.9 Å². The lowest BCUT2D eigenvalue weighted by Crippen LogP contribution is -2.30. The van der Waals surface area contributed by atoms with Crippen LogP contribution in [0.5, 0.6) is 0 Å². The first-order valence-corrected chi connectivity index (χ1v) is 6.55. The lowest BCUT2D eigenvalue weighted by atomic mass is 9.92. The molecular weight excluding hydrogens is 234 g/mol. The minimum atomic E-state index is -0.203. The highest BCUT2D eigenvalue weighted by atomic mass is 14.9. The van der Waals surface area contributed by atoms with Crippen molar-refractivity contribution in [1.29, 1.82) is 0 Å². The van der Waals surface area contributed by atoms with E-state index in [4.69, 9.17) is 5.73 Å². The van der Waals surface area contributed by atoms with Gasteiger partial charge in [-0.1, -0.05) is 43.7 Å². The third kappa shape index (κ3) is 2.99. The SMILES string of the molecule is Cc1ccc(-c2cc(C)nc(C(C)(C)CN)n2)cc1. The molecule has 0 aliphatic heterocycles. The van der Waals surface area contributed by atoms with E-state index in [-0.39, 0.29) is 5.41 Å². The van der Waals surface area contributed by atoms with Crippen LogP contribution >= 0.6 is 0 Å². The molecule has 1 aromatic heterocycles. The van der Waals surface area contributed by atoms with Gasteiger partial charge in [0.15, 0.2) is 0 Å². The highest BCUT2D eigenvalue weighted by molar-refractivity contribution is 5.59. The quantitative estimate of drug-likeness (QED) is 0.917. The van der Waals surface area contributed by atoms with Gasteiger partial charge in [0.2, 0.25) is 0 Å². The molecule has 0 spiro atoms. The third-order valence-corrected chi connectivity index (χ3v) is 3.32. The Balaban J connectivity index is 2.50. The maximum atomic E-state index is 5.82. The molecule has 19 heavy (non-hydrogen) atoms. The maximum absolute atomic E-state index is 5.82.